The molecule has 0 unspecified atom stereocenters. The number of hydrogen-bond acceptors (Lipinski definition) is 2. The second-order valence-electron chi connectivity index (χ2n) is 4.54. The predicted octanol–water partition coefficient (Wildman–Crippen LogP) is 2.49. The summed E-state index contributed by atoms with van der Waals surface area (Å²) in [7, 11) is 0. The third-order valence-corrected chi connectivity index (χ3v) is 3.35. The Morgan fingerprint density at radius 3 is 2.75 bits per heavy atom. The van der Waals surface area contributed by atoms with Gasteiger partial charge in [-0.05, 0) is 12.0 Å². The van der Waals surface area contributed by atoms with Crippen LogP contribution in [0, 0.1) is 5.92 Å². The number of Topliss-reactive ketones (excluding diaryl/α,β-unsaturated/α-hetero) is 1. The van der Waals surface area contributed by atoms with Crippen molar-refractivity contribution in [2.75, 3.05) is 13.1 Å². The molecule has 0 saturated carbocycles. The first kappa shape index (κ1) is 11.3. The molecule has 1 aliphatic rings. The van der Waals surface area contributed by atoms with Crippen LogP contribution in [-0.4, -0.2) is 23.8 Å². The molecule has 0 bridgehead atoms. The minimum absolute atomic E-state index is 0.262. The fourth-order valence-corrected chi connectivity index (χ4v) is 2.32. The van der Waals surface area contributed by atoms with Gasteiger partial charge in [0, 0.05) is 32.0 Å². The minimum atomic E-state index is 0.262. The minimum Gasteiger partial charge on any atom is -0.299 e. The van der Waals surface area contributed by atoms with Crippen LogP contribution in [0.1, 0.15) is 25.3 Å². The molecule has 0 spiro atoms. The highest BCUT2D eigenvalue weighted by atomic mass is 16.1. The molecule has 1 saturated heterocycles. The van der Waals surface area contributed by atoms with Crippen LogP contribution in [0.5, 0.6) is 0 Å². The van der Waals surface area contributed by atoms with Crippen molar-refractivity contribution in [2.24, 2.45) is 5.92 Å². The second-order valence-corrected chi connectivity index (χ2v) is 4.54. The number of carbonyl (C=O) groups is 1. The molecule has 16 heavy (non-hydrogen) atoms. The summed E-state index contributed by atoms with van der Waals surface area (Å²) in [6, 6.07) is 10.5. The summed E-state index contributed by atoms with van der Waals surface area (Å²) in [6.45, 7) is 4.94. The Hall–Kier alpha value is -1.15. The van der Waals surface area contributed by atoms with Crippen LogP contribution in [0.25, 0.3) is 0 Å². The van der Waals surface area contributed by atoms with Crippen LogP contribution in [-0.2, 0) is 11.3 Å². The number of likely N-dealkylation sites (tertiary alicyclic amines) is 1. The standard InChI is InChI=1S/C14H19NO/c1-2-13-11-15(9-8-14(13)16)10-12-6-4-3-5-7-12/h3-7,13H,2,8-11H2,1H3/t13-/m0/s1. The zero-order valence-corrected chi connectivity index (χ0v) is 9.86. The summed E-state index contributed by atoms with van der Waals surface area (Å²) in [5.41, 5.74) is 1.34. The molecule has 2 rings (SSSR count). The number of nitrogens with zero attached hydrogens (tertiary/aromatic N) is 1. The molecule has 1 heterocycles. The van der Waals surface area contributed by atoms with Gasteiger partial charge >= 0.3 is 0 Å². The third-order valence-electron chi connectivity index (χ3n) is 3.35. The summed E-state index contributed by atoms with van der Waals surface area (Å²) in [5, 5.41) is 0. The van der Waals surface area contributed by atoms with E-state index in [0.29, 0.717) is 5.78 Å². The molecule has 1 aliphatic heterocycles. The van der Waals surface area contributed by atoms with E-state index >= 15 is 0 Å². The Kier molecular flexibility index (Phi) is 3.73. The molecule has 1 aromatic rings. The van der Waals surface area contributed by atoms with Crippen LogP contribution in [0.15, 0.2) is 30.3 Å². The summed E-state index contributed by atoms with van der Waals surface area (Å²) < 4.78 is 0. The molecule has 1 aromatic carbocycles. The van der Waals surface area contributed by atoms with Crippen molar-refractivity contribution in [3.63, 3.8) is 0 Å². The van der Waals surface area contributed by atoms with Gasteiger partial charge in [-0.2, -0.15) is 0 Å². The number of hydrogen-bond donors (Lipinski definition) is 0. The molecule has 0 radical (unpaired) electrons. The fraction of sp³-hybridized carbons (Fsp3) is 0.500. The van der Waals surface area contributed by atoms with Gasteiger partial charge in [0.2, 0.25) is 0 Å². The van der Waals surface area contributed by atoms with E-state index in [-0.39, 0.29) is 5.92 Å². The first-order valence-corrected chi connectivity index (χ1v) is 6.08. The molecule has 0 amide bonds. The van der Waals surface area contributed by atoms with Gasteiger partial charge in [0.15, 0.2) is 0 Å². The maximum Gasteiger partial charge on any atom is 0.138 e. The summed E-state index contributed by atoms with van der Waals surface area (Å²) in [5.74, 6) is 0.712. The van der Waals surface area contributed by atoms with E-state index in [1.54, 1.807) is 0 Å². The van der Waals surface area contributed by atoms with E-state index in [4.69, 9.17) is 0 Å². The van der Waals surface area contributed by atoms with E-state index in [9.17, 15) is 4.79 Å². The normalized spacial score (nSPS) is 22.3. The maximum absolute atomic E-state index is 11.6. The van der Waals surface area contributed by atoms with Crippen LogP contribution in [0.4, 0.5) is 0 Å². The molecule has 0 aliphatic carbocycles. The van der Waals surface area contributed by atoms with E-state index in [1.165, 1.54) is 5.56 Å². The quantitative estimate of drug-likeness (QED) is 0.775. The SMILES string of the molecule is CC[C@H]1CN(Cc2ccccc2)CCC1=O. The molecule has 2 nitrogen and oxygen atoms in total. The van der Waals surface area contributed by atoms with E-state index in [1.807, 2.05) is 6.07 Å². The Morgan fingerprint density at radius 1 is 1.31 bits per heavy atom. The molecule has 0 N–H and O–H groups in total. The van der Waals surface area contributed by atoms with Crippen LogP contribution in [0.3, 0.4) is 0 Å². The lowest BCUT2D eigenvalue weighted by Gasteiger charge is -2.31. The van der Waals surface area contributed by atoms with Gasteiger partial charge in [-0.15, -0.1) is 0 Å². The number of rotatable bonds is 3. The van der Waals surface area contributed by atoms with E-state index < -0.39 is 0 Å². The number of benzene rings is 1. The summed E-state index contributed by atoms with van der Waals surface area (Å²) >= 11 is 0. The maximum atomic E-state index is 11.6. The highest BCUT2D eigenvalue weighted by Crippen LogP contribution is 2.17. The Bertz CT molecular complexity index is 347. The zero-order chi connectivity index (χ0) is 11.4. The van der Waals surface area contributed by atoms with Gasteiger partial charge in [-0.25, -0.2) is 0 Å². The van der Waals surface area contributed by atoms with Crippen molar-refractivity contribution < 1.29 is 4.79 Å². The largest absolute Gasteiger partial charge is 0.299 e. The smallest absolute Gasteiger partial charge is 0.138 e. The van der Waals surface area contributed by atoms with Crippen molar-refractivity contribution in [3.8, 4) is 0 Å². The van der Waals surface area contributed by atoms with Gasteiger partial charge in [-0.3, -0.25) is 9.69 Å². The monoisotopic (exact) mass is 217 g/mol. The number of ketones is 1. The topological polar surface area (TPSA) is 20.3 Å². The van der Waals surface area contributed by atoms with Gasteiger partial charge in [-0.1, -0.05) is 37.3 Å². The Morgan fingerprint density at radius 2 is 2.06 bits per heavy atom. The highest BCUT2D eigenvalue weighted by molar-refractivity contribution is 5.82. The number of carbonyl (C=O) groups excluding carboxylic acids is 1. The first-order chi connectivity index (χ1) is 7.79. The zero-order valence-electron chi connectivity index (χ0n) is 9.86. The lowest BCUT2D eigenvalue weighted by molar-refractivity contribution is -0.126. The second kappa shape index (κ2) is 5.26. The van der Waals surface area contributed by atoms with Gasteiger partial charge < -0.3 is 0 Å². The van der Waals surface area contributed by atoms with Crippen molar-refractivity contribution in [2.45, 2.75) is 26.3 Å². The molecule has 1 fully saturated rings. The average molecular weight is 217 g/mol. The van der Waals surface area contributed by atoms with Crippen molar-refractivity contribution in [1.29, 1.82) is 0 Å². The van der Waals surface area contributed by atoms with Crippen LogP contribution >= 0.6 is 0 Å². The Balaban J connectivity index is 1.94. The average Bonchev–Trinajstić information content (AvgIpc) is 2.33. The number of piperidine rings is 1. The Labute approximate surface area is 97.3 Å². The van der Waals surface area contributed by atoms with E-state index in [2.05, 4.69) is 36.1 Å². The highest BCUT2D eigenvalue weighted by Gasteiger charge is 2.25. The summed E-state index contributed by atoms with van der Waals surface area (Å²) in [6.07, 6.45) is 1.70. The van der Waals surface area contributed by atoms with Crippen molar-refractivity contribution >= 4 is 5.78 Å². The third kappa shape index (κ3) is 2.70. The van der Waals surface area contributed by atoms with Crippen LogP contribution in [0.2, 0.25) is 0 Å². The van der Waals surface area contributed by atoms with Gasteiger partial charge in [0.05, 0.1) is 0 Å². The lowest BCUT2D eigenvalue weighted by atomic mass is 9.94. The van der Waals surface area contributed by atoms with Gasteiger partial charge in [0.1, 0.15) is 5.78 Å². The van der Waals surface area contributed by atoms with Crippen molar-refractivity contribution in [3.05, 3.63) is 35.9 Å². The predicted molar refractivity (Wildman–Crippen MR) is 65.1 cm³/mol. The fourth-order valence-electron chi connectivity index (χ4n) is 2.32. The molecule has 0 aromatic heterocycles. The van der Waals surface area contributed by atoms with E-state index in [0.717, 1.165) is 32.5 Å². The van der Waals surface area contributed by atoms with Crippen molar-refractivity contribution in [1.82, 2.24) is 4.90 Å². The van der Waals surface area contributed by atoms with Gasteiger partial charge in [0.25, 0.3) is 0 Å². The molecule has 2 heteroatoms. The molecule has 86 valence electrons. The molecular weight excluding hydrogens is 198 g/mol. The molecular formula is C14H19NO. The van der Waals surface area contributed by atoms with Crippen LogP contribution < -0.4 is 0 Å². The first-order valence-electron chi connectivity index (χ1n) is 6.08. The molecule has 1 atom stereocenters. The summed E-state index contributed by atoms with van der Waals surface area (Å²) in [4.78, 5) is 14.0. The lowest BCUT2D eigenvalue weighted by Crippen LogP contribution is -2.40.